The van der Waals surface area contributed by atoms with Gasteiger partial charge in [0.05, 0.1) is 4.92 Å². The Balaban J connectivity index is 2.36. The molecule has 0 fully saturated rings. The minimum atomic E-state index is -0.497. The van der Waals surface area contributed by atoms with Crippen molar-refractivity contribution in [3.63, 3.8) is 0 Å². The molecule has 0 atom stereocenters. The Labute approximate surface area is 127 Å². The van der Waals surface area contributed by atoms with Gasteiger partial charge in [0.25, 0.3) is 0 Å². The van der Waals surface area contributed by atoms with E-state index in [0.717, 1.165) is 0 Å². The molecule has 9 heteroatoms. The molecule has 0 aliphatic carbocycles. The van der Waals surface area contributed by atoms with E-state index < -0.39 is 4.92 Å². The third kappa shape index (κ3) is 3.37. The Morgan fingerprint density at radius 3 is 2.86 bits per heavy atom. The van der Waals surface area contributed by atoms with Crippen LogP contribution in [0.25, 0.3) is 5.82 Å². The zero-order valence-corrected chi connectivity index (χ0v) is 12.3. The van der Waals surface area contributed by atoms with Gasteiger partial charge in [0.15, 0.2) is 0 Å². The molecule has 2 heterocycles. The summed E-state index contributed by atoms with van der Waals surface area (Å²) in [4.78, 5) is 23.1. The number of aromatic nitrogens is 4. The number of hydrogen-bond acceptors (Lipinski definition) is 7. The van der Waals surface area contributed by atoms with Crippen LogP contribution >= 0.6 is 0 Å². The summed E-state index contributed by atoms with van der Waals surface area (Å²) in [5.74, 6) is 1.05. The summed E-state index contributed by atoms with van der Waals surface area (Å²) in [6, 6.07) is 0. The Morgan fingerprint density at radius 1 is 1.36 bits per heavy atom. The van der Waals surface area contributed by atoms with Crippen LogP contribution in [0, 0.1) is 10.1 Å². The quantitative estimate of drug-likeness (QED) is 0.429. The van der Waals surface area contributed by atoms with Crippen molar-refractivity contribution in [2.24, 2.45) is 0 Å². The summed E-state index contributed by atoms with van der Waals surface area (Å²) in [5, 5.41) is 23.1. The highest BCUT2D eigenvalue weighted by Gasteiger charge is 2.25. The largest absolute Gasteiger partial charge is 0.396 e. The van der Waals surface area contributed by atoms with E-state index in [1.54, 1.807) is 17.0 Å². The number of aliphatic hydroxyl groups excluding tert-OH is 1. The van der Waals surface area contributed by atoms with Gasteiger partial charge in [-0.1, -0.05) is 6.92 Å². The Morgan fingerprint density at radius 2 is 2.18 bits per heavy atom. The summed E-state index contributed by atoms with van der Waals surface area (Å²) >= 11 is 0. The molecule has 0 radical (unpaired) electrons. The van der Waals surface area contributed by atoms with E-state index in [9.17, 15) is 10.1 Å². The topological polar surface area (TPSA) is 119 Å². The van der Waals surface area contributed by atoms with Crippen molar-refractivity contribution in [3.8, 4) is 5.82 Å². The summed E-state index contributed by atoms with van der Waals surface area (Å²) in [5.41, 5.74) is -0.181. The number of hydrogen-bond donors (Lipinski definition) is 2. The van der Waals surface area contributed by atoms with E-state index in [2.05, 4.69) is 20.3 Å². The van der Waals surface area contributed by atoms with Gasteiger partial charge in [0.2, 0.25) is 11.6 Å². The highest BCUT2D eigenvalue weighted by molar-refractivity contribution is 5.64. The number of nitro groups is 1. The van der Waals surface area contributed by atoms with Gasteiger partial charge in [-0.05, 0) is 12.8 Å². The fraction of sp³-hybridized carbons (Fsp3) is 0.462. The summed E-state index contributed by atoms with van der Waals surface area (Å²) < 4.78 is 1.60. The van der Waals surface area contributed by atoms with Crippen LogP contribution < -0.4 is 5.32 Å². The molecular weight excluding hydrogens is 288 g/mol. The molecule has 0 unspecified atom stereocenters. The van der Waals surface area contributed by atoms with Crippen molar-refractivity contribution in [2.45, 2.75) is 26.2 Å². The number of nitrogens with one attached hydrogen (secondary N) is 1. The first-order valence-electron chi connectivity index (χ1n) is 7.05. The van der Waals surface area contributed by atoms with Crippen LogP contribution in [0.5, 0.6) is 0 Å². The van der Waals surface area contributed by atoms with Gasteiger partial charge >= 0.3 is 5.69 Å². The molecule has 0 aliphatic rings. The minimum absolute atomic E-state index is 0.0910. The average Bonchev–Trinajstić information content (AvgIpc) is 2.99. The first-order valence-corrected chi connectivity index (χ1v) is 7.05. The minimum Gasteiger partial charge on any atom is -0.396 e. The molecule has 0 amide bonds. The number of rotatable bonds is 8. The molecule has 0 bridgehead atoms. The Bertz CT molecular complexity index is 642. The standard InChI is InChI=1S/C13H18N6O3/c1-2-10-14-6-7-18(10)13-11(19(21)22)12(16-9-17-13)15-5-3-4-8-20/h6-7,9,20H,2-5,8H2,1H3,(H,15,16,17). The zero-order valence-electron chi connectivity index (χ0n) is 12.3. The number of anilines is 1. The van der Waals surface area contributed by atoms with Crippen molar-refractivity contribution in [2.75, 3.05) is 18.5 Å². The van der Waals surface area contributed by atoms with Crippen molar-refractivity contribution < 1.29 is 10.0 Å². The van der Waals surface area contributed by atoms with Gasteiger partial charge in [-0.3, -0.25) is 14.7 Å². The molecule has 22 heavy (non-hydrogen) atoms. The van der Waals surface area contributed by atoms with E-state index in [0.29, 0.717) is 31.6 Å². The average molecular weight is 306 g/mol. The molecule has 0 aliphatic heterocycles. The van der Waals surface area contributed by atoms with E-state index in [1.807, 2.05) is 6.92 Å². The molecule has 0 spiro atoms. The molecule has 2 N–H and O–H groups in total. The maximum Gasteiger partial charge on any atom is 0.354 e. The van der Waals surface area contributed by atoms with E-state index in [4.69, 9.17) is 5.11 Å². The van der Waals surface area contributed by atoms with Crippen LogP contribution in [0.3, 0.4) is 0 Å². The van der Waals surface area contributed by atoms with Crippen molar-refractivity contribution in [1.82, 2.24) is 19.5 Å². The second-order valence-corrected chi connectivity index (χ2v) is 4.58. The lowest BCUT2D eigenvalue weighted by Crippen LogP contribution is -2.12. The second kappa shape index (κ2) is 7.46. The van der Waals surface area contributed by atoms with Gasteiger partial charge in [0, 0.05) is 32.0 Å². The molecule has 2 aromatic rings. The molecule has 9 nitrogen and oxygen atoms in total. The Kier molecular flexibility index (Phi) is 5.37. The predicted octanol–water partition coefficient (Wildman–Crippen LogP) is 1.32. The number of unbranched alkanes of at least 4 members (excludes halogenated alkanes) is 1. The molecule has 0 saturated carbocycles. The fourth-order valence-corrected chi connectivity index (χ4v) is 2.08. The molecule has 2 rings (SSSR count). The molecular formula is C13H18N6O3. The first-order chi connectivity index (χ1) is 10.7. The van der Waals surface area contributed by atoms with E-state index in [1.165, 1.54) is 6.33 Å². The molecule has 2 aromatic heterocycles. The second-order valence-electron chi connectivity index (χ2n) is 4.58. The lowest BCUT2D eigenvalue weighted by atomic mass is 10.3. The van der Waals surface area contributed by atoms with Gasteiger partial charge in [-0.15, -0.1) is 0 Å². The van der Waals surface area contributed by atoms with Gasteiger partial charge in [-0.25, -0.2) is 15.0 Å². The number of aliphatic hydroxyl groups is 1. The number of imidazole rings is 1. The molecule has 118 valence electrons. The molecule has 0 saturated heterocycles. The predicted molar refractivity (Wildman–Crippen MR) is 80.0 cm³/mol. The fourth-order valence-electron chi connectivity index (χ4n) is 2.08. The van der Waals surface area contributed by atoms with Crippen molar-refractivity contribution in [1.29, 1.82) is 0 Å². The van der Waals surface area contributed by atoms with Gasteiger partial charge < -0.3 is 10.4 Å². The van der Waals surface area contributed by atoms with Gasteiger partial charge in [0.1, 0.15) is 12.2 Å². The SMILES string of the molecule is CCc1nccn1-c1ncnc(NCCCCO)c1[N+](=O)[O-]. The van der Waals surface area contributed by atoms with Crippen molar-refractivity contribution in [3.05, 3.63) is 34.7 Å². The third-order valence-electron chi connectivity index (χ3n) is 3.12. The van der Waals surface area contributed by atoms with Crippen LogP contribution in [-0.4, -0.2) is 42.7 Å². The zero-order chi connectivity index (χ0) is 15.9. The van der Waals surface area contributed by atoms with Crippen molar-refractivity contribution >= 4 is 11.5 Å². The van der Waals surface area contributed by atoms with Gasteiger partial charge in [-0.2, -0.15) is 0 Å². The smallest absolute Gasteiger partial charge is 0.354 e. The van der Waals surface area contributed by atoms with Crippen LogP contribution in [0.4, 0.5) is 11.5 Å². The summed E-state index contributed by atoms with van der Waals surface area (Å²) in [7, 11) is 0. The summed E-state index contributed by atoms with van der Waals surface area (Å²) in [6.07, 6.45) is 6.46. The summed E-state index contributed by atoms with van der Waals surface area (Å²) in [6.45, 7) is 2.50. The Hall–Kier alpha value is -2.55. The first kappa shape index (κ1) is 15.8. The lowest BCUT2D eigenvalue weighted by Gasteiger charge is -2.10. The van der Waals surface area contributed by atoms with Crippen LogP contribution in [0.15, 0.2) is 18.7 Å². The number of aryl methyl sites for hydroxylation is 1. The maximum absolute atomic E-state index is 11.4. The highest BCUT2D eigenvalue weighted by atomic mass is 16.6. The van der Waals surface area contributed by atoms with Crippen LogP contribution in [-0.2, 0) is 6.42 Å². The van der Waals surface area contributed by atoms with Crippen LogP contribution in [0.1, 0.15) is 25.6 Å². The monoisotopic (exact) mass is 306 g/mol. The number of nitrogens with zero attached hydrogens (tertiary/aromatic N) is 5. The normalized spacial score (nSPS) is 10.6. The van der Waals surface area contributed by atoms with E-state index >= 15 is 0 Å². The highest BCUT2D eigenvalue weighted by Crippen LogP contribution is 2.28. The lowest BCUT2D eigenvalue weighted by molar-refractivity contribution is -0.384. The third-order valence-corrected chi connectivity index (χ3v) is 3.12. The maximum atomic E-state index is 11.4. The molecule has 0 aromatic carbocycles. The van der Waals surface area contributed by atoms with E-state index in [-0.39, 0.29) is 23.9 Å². The van der Waals surface area contributed by atoms with Crippen LogP contribution in [0.2, 0.25) is 0 Å².